The van der Waals surface area contributed by atoms with Gasteiger partial charge in [-0.1, -0.05) is 54.1 Å². The molecule has 3 nitrogen and oxygen atoms in total. The van der Waals surface area contributed by atoms with Crippen molar-refractivity contribution in [2.75, 3.05) is 0 Å². The smallest absolute Gasteiger partial charge is 0.132 e. The van der Waals surface area contributed by atoms with Crippen LogP contribution in [0.5, 0.6) is 0 Å². The van der Waals surface area contributed by atoms with Gasteiger partial charge in [0.15, 0.2) is 0 Å². The van der Waals surface area contributed by atoms with E-state index >= 15 is 0 Å². The van der Waals surface area contributed by atoms with Crippen LogP contribution in [0.2, 0.25) is 0 Å². The Bertz CT molecular complexity index is 1030. The highest BCUT2D eigenvalue weighted by Gasteiger charge is 2.21. The third-order valence-corrected chi connectivity index (χ3v) is 5.62. The largest absolute Gasteiger partial charge is 0.383 e. The molecule has 0 amide bonds. The molecule has 1 aliphatic carbocycles. The van der Waals surface area contributed by atoms with Crippen LogP contribution in [-0.2, 0) is 19.4 Å². The van der Waals surface area contributed by atoms with Gasteiger partial charge >= 0.3 is 0 Å². The molecule has 0 aliphatic heterocycles. The molecule has 1 unspecified atom stereocenters. The molecular formula is C24H25N3S. The van der Waals surface area contributed by atoms with Crippen LogP contribution in [0.15, 0.2) is 76.6 Å². The Hall–Kier alpha value is -2.56. The van der Waals surface area contributed by atoms with E-state index in [0.717, 1.165) is 35.5 Å². The number of aliphatic imine (C=N–C) groups is 1. The molecule has 1 aliphatic rings. The monoisotopic (exact) mass is 387 g/mol. The Labute approximate surface area is 172 Å². The first-order chi connectivity index (χ1) is 13.6. The van der Waals surface area contributed by atoms with Crippen molar-refractivity contribution in [1.82, 2.24) is 5.32 Å². The van der Waals surface area contributed by atoms with Crippen molar-refractivity contribution in [2.24, 2.45) is 10.7 Å². The van der Waals surface area contributed by atoms with Gasteiger partial charge in [0.1, 0.15) is 5.84 Å². The highest BCUT2D eigenvalue weighted by atomic mass is 32.1. The third kappa shape index (κ3) is 4.29. The number of nitrogens with two attached hydrogens (primary N) is 1. The molecule has 3 aromatic rings. The minimum Gasteiger partial charge on any atom is -0.383 e. The Kier molecular flexibility index (Phi) is 5.51. The number of nitrogens with zero attached hydrogens (tertiary/aromatic N) is 1. The third-order valence-electron chi connectivity index (χ3n) is 5.23. The molecule has 3 N–H and O–H groups in total. The predicted molar refractivity (Wildman–Crippen MR) is 120 cm³/mol. The van der Waals surface area contributed by atoms with Gasteiger partial charge in [0.25, 0.3) is 0 Å². The molecule has 0 fully saturated rings. The summed E-state index contributed by atoms with van der Waals surface area (Å²) in [5.74, 6) is 0.498. The van der Waals surface area contributed by atoms with Gasteiger partial charge in [-0.15, -0.1) is 12.6 Å². The Morgan fingerprint density at radius 1 is 1.04 bits per heavy atom. The minimum atomic E-state index is 0.463. The number of benzene rings is 3. The van der Waals surface area contributed by atoms with E-state index in [1.54, 1.807) is 0 Å². The second-order valence-electron chi connectivity index (χ2n) is 7.44. The van der Waals surface area contributed by atoms with E-state index in [9.17, 15) is 0 Å². The van der Waals surface area contributed by atoms with E-state index in [1.165, 1.54) is 22.3 Å². The van der Waals surface area contributed by atoms with Crippen LogP contribution in [-0.4, -0.2) is 11.9 Å². The standard InChI is InChI=1S/C24H25N3S/c1-16-5-4-6-17(11-16)15-26-21-12-18-9-10-20(13-19(18)14-21)27-24(25)22-7-2-3-8-23(22)28/h2-11,13,21,26,28H,12,14-15H2,1H3,(H2,25,27). The first kappa shape index (κ1) is 18.8. The van der Waals surface area contributed by atoms with Crippen LogP contribution in [0.3, 0.4) is 0 Å². The number of aryl methyl sites for hydroxylation is 1. The van der Waals surface area contributed by atoms with Gasteiger partial charge in [-0.05, 0) is 54.7 Å². The molecule has 3 aromatic carbocycles. The summed E-state index contributed by atoms with van der Waals surface area (Å²) in [5.41, 5.74) is 13.4. The zero-order valence-electron chi connectivity index (χ0n) is 16.0. The Morgan fingerprint density at radius 2 is 1.86 bits per heavy atom. The topological polar surface area (TPSA) is 50.4 Å². The van der Waals surface area contributed by atoms with Gasteiger partial charge in [-0.3, -0.25) is 0 Å². The first-order valence-corrected chi connectivity index (χ1v) is 10.1. The van der Waals surface area contributed by atoms with E-state index in [4.69, 9.17) is 5.73 Å². The number of thiol groups is 1. The van der Waals surface area contributed by atoms with Gasteiger partial charge in [0.05, 0.1) is 5.69 Å². The van der Waals surface area contributed by atoms with Crippen LogP contribution in [0.1, 0.15) is 27.8 Å². The fraction of sp³-hybridized carbons (Fsp3) is 0.208. The number of hydrogen-bond acceptors (Lipinski definition) is 3. The highest BCUT2D eigenvalue weighted by molar-refractivity contribution is 7.80. The van der Waals surface area contributed by atoms with E-state index in [0.29, 0.717) is 11.9 Å². The number of rotatable bonds is 5. The quantitative estimate of drug-likeness (QED) is 0.341. The minimum absolute atomic E-state index is 0.463. The average Bonchev–Trinajstić information content (AvgIpc) is 3.09. The predicted octanol–water partition coefficient (Wildman–Crippen LogP) is 4.58. The molecule has 0 heterocycles. The van der Waals surface area contributed by atoms with Crippen molar-refractivity contribution >= 4 is 24.2 Å². The molecule has 0 saturated heterocycles. The lowest BCUT2D eigenvalue weighted by Crippen LogP contribution is -2.28. The van der Waals surface area contributed by atoms with Crippen LogP contribution in [0, 0.1) is 6.92 Å². The van der Waals surface area contributed by atoms with Crippen molar-refractivity contribution in [3.05, 3.63) is 94.5 Å². The van der Waals surface area contributed by atoms with Gasteiger partial charge in [0.2, 0.25) is 0 Å². The summed E-state index contributed by atoms with van der Waals surface area (Å²) in [6, 6.07) is 23.3. The van der Waals surface area contributed by atoms with Crippen LogP contribution < -0.4 is 11.1 Å². The number of amidine groups is 1. The molecule has 0 aromatic heterocycles. The van der Waals surface area contributed by atoms with Crippen molar-refractivity contribution in [2.45, 2.75) is 37.2 Å². The number of hydrogen-bond donors (Lipinski definition) is 3. The van der Waals surface area contributed by atoms with Crippen molar-refractivity contribution in [3.63, 3.8) is 0 Å². The second-order valence-corrected chi connectivity index (χ2v) is 7.92. The second kappa shape index (κ2) is 8.21. The lowest BCUT2D eigenvalue weighted by Gasteiger charge is -2.12. The highest BCUT2D eigenvalue weighted by Crippen LogP contribution is 2.27. The maximum Gasteiger partial charge on any atom is 0.132 e. The van der Waals surface area contributed by atoms with E-state index in [1.807, 2.05) is 24.3 Å². The summed E-state index contributed by atoms with van der Waals surface area (Å²) < 4.78 is 0. The molecule has 4 rings (SSSR count). The SMILES string of the molecule is Cc1cccc(CNC2Cc3ccc(N=C(N)c4ccccc4S)cc3C2)c1. The molecule has 142 valence electrons. The molecule has 28 heavy (non-hydrogen) atoms. The molecule has 0 spiro atoms. The van der Waals surface area contributed by atoms with Gasteiger partial charge in [-0.2, -0.15) is 0 Å². The van der Waals surface area contributed by atoms with Crippen molar-refractivity contribution in [3.8, 4) is 0 Å². The first-order valence-electron chi connectivity index (χ1n) is 9.62. The lowest BCUT2D eigenvalue weighted by atomic mass is 10.1. The molecule has 0 saturated carbocycles. The summed E-state index contributed by atoms with van der Waals surface area (Å²) in [6.07, 6.45) is 2.08. The summed E-state index contributed by atoms with van der Waals surface area (Å²) >= 11 is 4.47. The fourth-order valence-electron chi connectivity index (χ4n) is 3.79. The van der Waals surface area contributed by atoms with Crippen LogP contribution in [0.25, 0.3) is 0 Å². The summed E-state index contributed by atoms with van der Waals surface area (Å²) in [6.45, 7) is 3.03. The molecule has 0 bridgehead atoms. The van der Waals surface area contributed by atoms with Crippen LogP contribution in [0.4, 0.5) is 5.69 Å². The van der Waals surface area contributed by atoms with Crippen molar-refractivity contribution in [1.29, 1.82) is 0 Å². The van der Waals surface area contributed by atoms with Gasteiger partial charge in [0, 0.05) is 23.0 Å². The summed E-state index contributed by atoms with van der Waals surface area (Å²) in [5, 5.41) is 3.69. The Morgan fingerprint density at radius 3 is 2.68 bits per heavy atom. The molecule has 4 heteroatoms. The zero-order chi connectivity index (χ0) is 19.5. The lowest BCUT2D eigenvalue weighted by molar-refractivity contribution is 0.533. The van der Waals surface area contributed by atoms with E-state index in [-0.39, 0.29) is 0 Å². The van der Waals surface area contributed by atoms with E-state index in [2.05, 4.69) is 72.3 Å². The van der Waals surface area contributed by atoms with E-state index < -0.39 is 0 Å². The maximum absolute atomic E-state index is 6.21. The van der Waals surface area contributed by atoms with Crippen LogP contribution >= 0.6 is 12.6 Å². The zero-order valence-corrected chi connectivity index (χ0v) is 16.9. The normalized spacial score (nSPS) is 16.2. The van der Waals surface area contributed by atoms with Gasteiger partial charge in [-0.25, -0.2) is 4.99 Å². The number of nitrogens with one attached hydrogen (secondary N) is 1. The van der Waals surface area contributed by atoms with Gasteiger partial charge < -0.3 is 11.1 Å². The molecular weight excluding hydrogens is 362 g/mol. The van der Waals surface area contributed by atoms with Crippen molar-refractivity contribution < 1.29 is 0 Å². The summed E-state index contributed by atoms with van der Waals surface area (Å²) in [4.78, 5) is 5.46. The Balaban J connectivity index is 1.44. The summed E-state index contributed by atoms with van der Waals surface area (Å²) in [7, 11) is 0. The number of fused-ring (bicyclic) bond motifs is 1. The molecule has 1 atom stereocenters. The maximum atomic E-state index is 6.21. The average molecular weight is 388 g/mol. The fourth-order valence-corrected chi connectivity index (χ4v) is 4.07. The molecule has 0 radical (unpaired) electrons.